The van der Waals surface area contributed by atoms with E-state index in [-0.39, 0.29) is 11.8 Å². The van der Waals surface area contributed by atoms with Crippen LogP contribution in [0.1, 0.15) is 5.82 Å². The monoisotopic (exact) mass is 169 g/mol. The Morgan fingerprint density at radius 2 is 2.42 bits per heavy atom. The summed E-state index contributed by atoms with van der Waals surface area (Å²) in [5, 5.41) is 4.08. The molecule has 1 aliphatic heterocycles. The van der Waals surface area contributed by atoms with E-state index in [0.717, 1.165) is 12.4 Å². The fraction of sp³-hybridized carbons (Fsp3) is 0.714. The predicted octanol–water partition coefficient (Wildman–Crippen LogP) is -0.711. The maximum Gasteiger partial charge on any atom is 0.345 e. The molecule has 66 valence electrons. The van der Waals surface area contributed by atoms with E-state index in [4.69, 9.17) is 4.74 Å². The smallest absolute Gasteiger partial charge is 0.345 e. The lowest BCUT2D eigenvalue weighted by molar-refractivity contribution is 0.369. The normalized spacial score (nSPS) is 21.3. The first kappa shape index (κ1) is 7.54. The van der Waals surface area contributed by atoms with E-state index in [1.165, 1.54) is 9.25 Å². The van der Waals surface area contributed by atoms with Gasteiger partial charge in [-0.3, -0.25) is 4.57 Å². The molecule has 1 atom stereocenters. The fourth-order valence-electron chi connectivity index (χ4n) is 1.08. The standard InChI is InChI=1S/C7H11N3O2/c1-5-8-10(3-6-4-12-6)7(11)9(5)2/h6H,3-4H2,1-2H3/t6-/m1/s1. The Labute approximate surface area is 69.6 Å². The van der Waals surface area contributed by atoms with Gasteiger partial charge in [-0.25, -0.2) is 9.48 Å². The van der Waals surface area contributed by atoms with Gasteiger partial charge in [0.15, 0.2) is 0 Å². The summed E-state index contributed by atoms with van der Waals surface area (Å²) in [6, 6.07) is 0. The Morgan fingerprint density at radius 3 is 2.83 bits per heavy atom. The summed E-state index contributed by atoms with van der Waals surface area (Å²) >= 11 is 0. The molecular weight excluding hydrogens is 158 g/mol. The number of aryl methyl sites for hydroxylation is 1. The third-order valence-corrected chi connectivity index (χ3v) is 2.04. The van der Waals surface area contributed by atoms with E-state index in [1.54, 1.807) is 7.05 Å². The molecule has 0 N–H and O–H groups in total. The van der Waals surface area contributed by atoms with Gasteiger partial charge in [0.05, 0.1) is 13.2 Å². The predicted molar refractivity (Wildman–Crippen MR) is 41.9 cm³/mol. The van der Waals surface area contributed by atoms with E-state index < -0.39 is 0 Å². The van der Waals surface area contributed by atoms with Gasteiger partial charge in [-0.05, 0) is 6.92 Å². The molecule has 5 nitrogen and oxygen atoms in total. The lowest BCUT2D eigenvalue weighted by atomic mass is 10.5. The van der Waals surface area contributed by atoms with Crippen LogP contribution in [0, 0.1) is 6.92 Å². The summed E-state index contributed by atoms with van der Waals surface area (Å²) in [5.41, 5.74) is -0.0667. The van der Waals surface area contributed by atoms with Gasteiger partial charge in [-0.1, -0.05) is 0 Å². The summed E-state index contributed by atoms with van der Waals surface area (Å²) in [4.78, 5) is 11.4. The highest BCUT2D eigenvalue weighted by Crippen LogP contribution is 2.09. The van der Waals surface area contributed by atoms with Crippen LogP contribution in [0.5, 0.6) is 0 Å². The Balaban J connectivity index is 2.30. The minimum Gasteiger partial charge on any atom is -0.371 e. The number of epoxide rings is 1. The maximum atomic E-state index is 11.4. The molecule has 1 aromatic rings. The van der Waals surface area contributed by atoms with Gasteiger partial charge in [0.25, 0.3) is 0 Å². The molecule has 1 fully saturated rings. The number of nitrogens with zero attached hydrogens (tertiary/aromatic N) is 3. The van der Waals surface area contributed by atoms with Gasteiger partial charge in [-0.15, -0.1) is 0 Å². The highest BCUT2D eigenvalue weighted by atomic mass is 16.6. The highest BCUT2D eigenvalue weighted by Gasteiger charge is 2.24. The highest BCUT2D eigenvalue weighted by molar-refractivity contribution is 4.83. The van der Waals surface area contributed by atoms with Crippen molar-refractivity contribution in [2.24, 2.45) is 7.05 Å². The number of rotatable bonds is 2. The third kappa shape index (κ3) is 1.16. The Bertz CT molecular complexity index is 348. The third-order valence-electron chi connectivity index (χ3n) is 2.04. The number of hydrogen-bond donors (Lipinski definition) is 0. The van der Waals surface area contributed by atoms with Crippen molar-refractivity contribution >= 4 is 0 Å². The van der Waals surface area contributed by atoms with Crippen LogP contribution in [0.3, 0.4) is 0 Å². The quantitative estimate of drug-likeness (QED) is 0.549. The van der Waals surface area contributed by atoms with Crippen molar-refractivity contribution < 1.29 is 4.74 Å². The number of ether oxygens (including phenoxy) is 1. The summed E-state index contributed by atoms with van der Waals surface area (Å²) in [6.45, 7) is 3.15. The molecule has 0 spiro atoms. The van der Waals surface area contributed by atoms with Crippen LogP contribution in [-0.4, -0.2) is 27.1 Å². The number of aromatic nitrogens is 3. The van der Waals surface area contributed by atoms with E-state index in [2.05, 4.69) is 5.10 Å². The van der Waals surface area contributed by atoms with Crippen LogP contribution in [0.4, 0.5) is 0 Å². The lowest BCUT2D eigenvalue weighted by Gasteiger charge is -1.91. The molecule has 0 unspecified atom stereocenters. The Kier molecular flexibility index (Phi) is 1.54. The van der Waals surface area contributed by atoms with Gasteiger partial charge in [-0.2, -0.15) is 5.10 Å². The summed E-state index contributed by atoms with van der Waals surface area (Å²) < 4.78 is 7.99. The van der Waals surface area contributed by atoms with Crippen molar-refractivity contribution in [3.8, 4) is 0 Å². The van der Waals surface area contributed by atoms with E-state index in [0.29, 0.717) is 6.54 Å². The van der Waals surface area contributed by atoms with Crippen molar-refractivity contribution in [3.05, 3.63) is 16.3 Å². The minimum atomic E-state index is -0.0667. The van der Waals surface area contributed by atoms with Gasteiger partial charge in [0, 0.05) is 7.05 Å². The molecule has 0 amide bonds. The van der Waals surface area contributed by atoms with Crippen LogP contribution in [0.15, 0.2) is 4.79 Å². The molecule has 12 heavy (non-hydrogen) atoms. The van der Waals surface area contributed by atoms with Crippen LogP contribution in [0.2, 0.25) is 0 Å². The molecule has 1 aliphatic rings. The molecule has 0 radical (unpaired) electrons. The zero-order valence-electron chi connectivity index (χ0n) is 7.15. The molecule has 5 heteroatoms. The van der Waals surface area contributed by atoms with Crippen molar-refractivity contribution in [2.45, 2.75) is 19.6 Å². The van der Waals surface area contributed by atoms with Crippen LogP contribution >= 0.6 is 0 Å². The van der Waals surface area contributed by atoms with Crippen molar-refractivity contribution in [1.29, 1.82) is 0 Å². The van der Waals surface area contributed by atoms with Gasteiger partial charge in [0.1, 0.15) is 11.9 Å². The maximum absolute atomic E-state index is 11.4. The lowest BCUT2D eigenvalue weighted by Crippen LogP contribution is -2.25. The molecule has 0 saturated carbocycles. The Morgan fingerprint density at radius 1 is 1.75 bits per heavy atom. The van der Waals surface area contributed by atoms with Crippen LogP contribution < -0.4 is 5.69 Å². The van der Waals surface area contributed by atoms with Gasteiger partial charge >= 0.3 is 5.69 Å². The van der Waals surface area contributed by atoms with Crippen molar-refractivity contribution in [3.63, 3.8) is 0 Å². The van der Waals surface area contributed by atoms with Crippen molar-refractivity contribution in [2.75, 3.05) is 6.61 Å². The van der Waals surface area contributed by atoms with Crippen LogP contribution in [-0.2, 0) is 18.3 Å². The molecule has 0 aliphatic carbocycles. The Hall–Kier alpha value is -1.10. The van der Waals surface area contributed by atoms with E-state index in [9.17, 15) is 4.79 Å². The fourth-order valence-corrected chi connectivity index (χ4v) is 1.08. The molecule has 1 aromatic heterocycles. The van der Waals surface area contributed by atoms with Gasteiger partial charge < -0.3 is 4.74 Å². The summed E-state index contributed by atoms with van der Waals surface area (Å²) in [6.07, 6.45) is 0.206. The van der Waals surface area contributed by atoms with E-state index in [1.807, 2.05) is 6.92 Å². The second kappa shape index (κ2) is 2.45. The first-order valence-electron chi connectivity index (χ1n) is 3.90. The second-order valence-corrected chi connectivity index (χ2v) is 3.03. The average molecular weight is 169 g/mol. The largest absolute Gasteiger partial charge is 0.371 e. The van der Waals surface area contributed by atoms with Crippen LogP contribution in [0.25, 0.3) is 0 Å². The summed E-state index contributed by atoms with van der Waals surface area (Å²) in [7, 11) is 1.72. The molecule has 1 saturated heterocycles. The second-order valence-electron chi connectivity index (χ2n) is 3.03. The SMILES string of the molecule is Cc1nn(C[C@@H]2CO2)c(=O)n1C. The van der Waals surface area contributed by atoms with Crippen molar-refractivity contribution in [1.82, 2.24) is 14.3 Å². The zero-order valence-corrected chi connectivity index (χ0v) is 7.15. The minimum absolute atomic E-state index is 0.0667. The first-order valence-corrected chi connectivity index (χ1v) is 3.90. The number of hydrogen-bond acceptors (Lipinski definition) is 3. The summed E-state index contributed by atoms with van der Waals surface area (Å²) in [5.74, 6) is 0.737. The molecule has 0 aromatic carbocycles. The topological polar surface area (TPSA) is 52.4 Å². The molecule has 0 bridgehead atoms. The first-order chi connectivity index (χ1) is 5.68. The average Bonchev–Trinajstić information content (AvgIpc) is 2.80. The molecule has 2 heterocycles. The molecule has 2 rings (SSSR count). The zero-order chi connectivity index (χ0) is 8.72. The molecular formula is C7H11N3O2. The van der Waals surface area contributed by atoms with E-state index >= 15 is 0 Å². The van der Waals surface area contributed by atoms with Gasteiger partial charge in [0.2, 0.25) is 0 Å².